The van der Waals surface area contributed by atoms with Crippen LogP contribution in [0.25, 0.3) is 0 Å². The number of nitrogens with zero attached hydrogens (tertiary/aromatic N) is 2. The lowest BCUT2D eigenvalue weighted by Crippen LogP contribution is -2.31. The Morgan fingerprint density at radius 3 is 2.39 bits per heavy atom. The number of hydrogen-bond acceptors (Lipinski definition) is 2. The lowest BCUT2D eigenvalue weighted by molar-refractivity contribution is -0.115. The molecule has 0 bridgehead atoms. The molecule has 0 spiro atoms. The summed E-state index contributed by atoms with van der Waals surface area (Å²) in [5.41, 5.74) is 4.94. The van der Waals surface area contributed by atoms with Crippen molar-refractivity contribution in [3.05, 3.63) is 107 Å². The Hall–Kier alpha value is -3.64. The number of anilines is 1. The topological polar surface area (TPSA) is 33.2 Å². The van der Waals surface area contributed by atoms with Crippen LogP contribution in [0.15, 0.2) is 85.1 Å². The van der Waals surface area contributed by atoms with Crippen LogP contribution in [0.3, 0.4) is 0 Å². The average Bonchev–Trinajstić information content (AvgIpc) is 2.72. The lowest BCUT2D eigenvalue weighted by Gasteiger charge is -2.24. The summed E-state index contributed by atoms with van der Waals surface area (Å²) < 4.78 is 0. The van der Waals surface area contributed by atoms with E-state index < -0.39 is 0 Å². The molecule has 3 heteroatoms. The first kappa shape index (κ1) is 19.1. The van der Waals surface area contributed by atoms with Gasteiger partial charge in [0.2, 0.25) is 0 Å². The first-order valence-corrected chi connectivity index (χ1v) is 9.09. The summed E-state index contributed by atoms with van der Waals surface area (Å²) in [6.45, 7) is 8.07. The molecule has 1 heterocycles. The fraction of sp³-hybridized carbons (Fsp3) is 0.120. The van der Waals surface area contributed by atoms with Crippen molar-refractivity contribution < 1.29 is 4.79 Å². The highest BCUT2D eigenvalue weighted by Gasteiger charge is 2.19. The van der Waals surface area contributed by atoms with Gasteiger partial charge in [-0.15, -0.1) is 0 Å². The third-order valence-electron chi connectivity index (χ3n) is 4.26. The molecule has 28 heavy (non-hydrogen) atoms. The molecule has 0 saturated carbocycles. The van der Waals surface area contributed by atoms with E-state index in [-0.39, 0.29) is 5.91 Å². The summed E-state index contributed by atoms with van der Waals surface area (Å²) in [6, 6.07) is 21.4. The number of para-hydroxylation sites is 1. The Labute approximate surface area is 166 Å². The highest BCUT2D eigenvalue weighted by Crippen LogP contribution is 2.24. The second kappa shape index (κ2) is 8.83. The number of rotatable bonds is 4. The molecule has 138 valence electrons. The number of hydrogen-bond donors (Lipinski definition) is 0. The Bertz CT molecular complexity index is 1040. The van der Waals surface area contributed by atoms with Crippen LogP contribution in [0, 0.1) is 18.8 Å². The highest BCUT2D eigenvalue weighted by atomic mass is 16.2. The molecule has 3 nitrogen and oxygen atoms in total. The first-order valence-electron chi connectivity index (χ1n) is 9.09. The molecule has 1 aromatic heterocycles. The molecule has 0 aliphatic carbocycles. The van der Waals surface area contributed by atoms with Gasteiger partial charge in [-0.05, 0) is 49.6 Å². The monoisotopic (exact) mass is 366 g/mol. The van der Waals surface area contributed by atoms with Gasteiger partial charge in [-0.3, -0.25) is 4.79 Å². The van der Waals surface area contributed by atoms with E-state index in [0.717, 1.165) is 16.8 Å². The van der Waals surface area contributed by atoms with Crippen LogP contribution in [-0.4, -0.2) is 10.9 Å². The van der Waals surface area contributed by atoms with Crippen molar-refractivity contribution in [1.29, 1.82) is 0 Å². The van der Waals surface area contributed by atoms with E-state index >= 15 is 0 Å². The quantitative estimate of drug-likeness (QED) is 0.486. The number of carbonyl (C=O) groups is 1. The Balaban J connectivity index is 2.00. The number of benzene rings is 2. The third-order valence-corrected chi connectivity index (χ3v) is 4.26. The van der Waals surface area contributed by atoms with Crippen molar-refractivity contribution in [2.45, 2.75) is 20.4 Å². The van der Waals surface area contributed by atoms with Crippen LogP contribution in [0.4, 0.5) is 5.69 Å². The largest absolute Gasteiger partial charge is 0.303 e. The summed E-state index contributed by atoms with van der Waals surface area (Å²) in [5.74, 6) is 6.12. The van der Waals surface area contributed by atoms with Gasteiger partial charge in [0.05, 0.1) is 12.2 Å². The van der Waals surface area contributed by atoms with Gasteiger partial charge in [0, 0.05) is 17.3 Å². The molecule has 0 unspecified atom stereocenters. The molecule has 0 fully saturated rings. The molecule has 0 radical (unpaired) electrons. The van der Waals surface area contributed by atoms with Crippen LogP contribution in [0.2, 0.25) is 0 Å². The van der Waals surface area contributed by atoms with Crippen molar-refractivity contribution in [3.8, 4) is 11.8 Å². The van der Waals surface area contributed by atoms with Gasteiger partial charge in [-0.2, -0.15) is 0 Å². The van der Waals surface area contributed by atoms with Gasteiger partial charge < -0.3 is 4.90 Å². The summed E-state index contributed by atoms with van der Waals surface area (Å²) in [6.07, 6.45) is 1.71. The minimum atomic E-state index is -0.118. The zero-order valence-corrected chi connectivity index (χ0v) is 16.1. The van der Waals surface area contributed by atoms with Crippen molar-refractivity contribution in [2.75, 3.05) is 4.90 Å². The van der Waals surface area contributed by atoms with E-state index in [9.17, 15) is 4.79 Å². The van der Waals surface area contributed by atoms with E-state index in [1.807, 2.05) is 73.7 Å². The molecule has 0 atom stereocenters. The number of pyridine rings is 1. The predicted molar refractivity (Wildman–Crippen MR) is 114 cm³/mol. The van der Waals surface area contributed by atoms with Crippen molar-refractivity contribution >= 4 is 11.6 Å². The number of carbonyl (C=O) groups excluding carboxylic acids is 1. The Morgan fingerprint density at radius 1 is 1.00 bits per heavy atom. The van der Waals surface area contributed by atoms with Gasteiger partial charge in [0.1, 0.15) is 5.69 Å². The summed E-state index contributed by atoms with van der Waals surface area (Å²) in [7, 11) is 0. The van der Waals surface area contributed by atoms with Crippen molar-refractivity contribution in [3.63, 3.8) is 0 Å². The minimum Gasteiger partial charge on any atom is -0.303 e. The van der Waals surface area contributed by atoms with Crippen LogP contribution in [-0.2, 0) is 11.3 Å². The summed E-state index contributed by atoms with van der Waals surface area (Å²) >= 11 is 0. The van der Waals surface area contributed by atoms with Crippen molar-refractivity contribution in [1.82, 2.24) is 4.98 Å². The molecular formula is C25H22N2O. The van der Waals surface area contributed by atoms with E-state index in [0.29, 0.717) is 17.8 Å². The van der Waals surface area contributed by atoms with E-state index in [1.165, 1.54) is 5.56 Å². The molecule has 1 amide bonds. The third kappa shape index (κ3) is 4.75. The summed E-state index contributed by atoms with van der Waals surface area (Å²) in [5, 5.41) is 0. The van der Waals surface area contributed by atoms with Crippen LogP contribution < -0.4 is 4.90 Å². The second-order valence-electron chi connectivity index (χ2n) is 6.64. The maximum atomic E-state index is 12.9. The highest BCUT2D eigenvalue weighted by molar-refractivity contribution is 6.05. The van der Waals surface area contributed by atoms with E-state index in [1.54, 1.807) is 18.0 Å². The molecule has 0 aliphatic heterocycles. The fourth-order valence-corrected chi connectivity index (χ4v) is 2.76. The molecule has 0 aliphatic rings. The van der Waals surface area contributed by atoms with Gasteiger partial charge >= 0.3 is 0 Å². The lowest BCUT2D eigenvalue weighted by atomic mass is 10.1. The average molecular weight is 366 g/mol. The number of aryl methyl sites for hydroxylation is 1. The zero-order chi connectivity index (χ0) is 19.9. The SMILES string of the molecule is C=C(C)C(=O)N(Cc1ccc(C)cc1)c1ccccc1C#Cc1ccccn1. The number of aromatic nitrogens is 1. The van der Waals surface area contributed by atoms with Crippen molar-refractivity contribution in [2.24, 2.45) is 0 Å². The Kier molecular flexibility index (Phi) is 6.04. The first-order chi connectivity index (χ1) is 13.5. The second-order valence-corrected chi connectivity index (χ2v) is 6.64. The predicted octanol–water partition coefficient (Wildman–Crippen LogP) is 4.90. The van der Waals surface area contributed by atoms with Gasteiger partial charge in [0.15, 0.2) is 0 Å². The normalized spacial score (nSPS) is 9.93. The van der Waals surface area contributed by atoms with Crippen LogP contribution >= 0.6 is 0 Å². The van der Waals surface area contributed by atoms with E-state index in [4.69, 9.17) is 0 Å². The Morgan fingerprint density at radius 2 is 1.71 bits per heavy atom. The molecule has 2 aromatic carbocycles. The van der Waals surface area contributed by atoms with Gasteiger partial charge in [-0.1, -0.05) is 60.5 Å². The van der Waals surface area contributed by atoms with Gasteiger partial charge in [-0.25, -0.2) is 4.98 Å². The van der Waals surface area contributed by atoms with Gasteiger partial charge in [0.25, 0.3) is 5.91 Å². The standard InChI is InChI=1S/C25H22N2O/c1-19(2)25(28)27(18-21-13-11-20(3)12-14-21)24-10-5-4-8-22(24)15-16-23-9-6-7-17-26-23/h4-14,17H,1,18H2,2-3H3. The zero-order valence-electron chi connectivity index (χ0n) is 16.1. The van der Waals surface area contributed by atoms with Crippen LogP contribution in [0.5, 0.6) is 0 Å². The minimum absolute atomic E-state index is 0.118. The smallest absolute Gasteiger partial charge is 0.253 e. The molecule has 3 rings (SSSR count). The molecule has 0 saturated heterocycles. The maximum Gasteiger partial charge on any atom is 0.253 e. The summed E-state index contributed by atoms with van der Waals surface area (Å²) in [4.78, 5) is 18.9. The molecular weight excluding hydrogens is 344 g/mol. The van der Waals surface area contributed by atoms with Crippen LogP contribution in [0.1, 0.15) is 29.3 Å². The molecule has 3 aromatic rings. The van der Waals surface area contributed by atoms with E-state index in [2.05, 4.69) is 23.4 Å². The molecule has 0 N–H and O–H groups in total. The fourth-order valence-electron chi connectivity index (χ4n) is 2.76. The maximum absolute atomic E-state index is 12.9. The number of amides is 1.